The Morgan fingerprint density at radius 1 is 0.590 bits per heavy atom. The molecule has 0 aliphatic carbocycles. The number of aryl methyl sites for hydroxylation is 4. The minimum absolute atomic E-state index is 0.0315. The summed E-state index contributed by atoms with van der Waals surface area (Å²) in [6.07, 6.45) is 5.41. The minimum Gasteiger partial charge on any atom is -0.271 e. The second kappa shape index (κ2) is 18.7. The summed E-state index contributed by atoms with van der Waals surface area (Å²) in [6.45, 7) is 6.12. The fourth-order valence-corrected chi connectivity index (χ4v) is 14.5. The van der Waals surface area contributed by atoms with Gasteiger partial charge in [-0.25, -0.2) is 26.2 Å². The van der Waals surface area contributed by atoms with E-state index in [1.54, 1.807) is 24.1 Å². The number of nitrogens with zero attached hydrogens (tertiary/aromatic N) is 16. The first kappa shape index (κ1) is 50.9. The SMILES string of the molecule is Cc1cc2c(cnn2-c2cn(C(F)(F)F)nc2Cn2ncc(S(=O)(=O)N3CCC(Cc4ccccc4)(c4cc5cnn(-c6cnn(C)c6C)c5cc4C)C3)n2)cc1C1(Cc2ccccc2)CCN(S(=O)(=O)c2cnn(C)n2)C1. The number of aromatic nitrogens is 14. The highest BCUT2D eigenvalue weighted by atomic mass is 32.2. The van der Waals surface area contributed by atoms with E-state index in [9.17, 15) is 30.0 Å². The summed E-state index contributed by atoms with van der Waals surface area (Å²) < 4.78 is 109. The van der Waals surface area contributed by atoms with Crippen molar-refractivity contribution in [3.8, 4) is 11.4 Å². The van der Waals surface area contributed by atoms with E-state index >= 15 is 0 Å². The number of fused-ring (bicyclic) bond motifs is 2. The molecule has 0 saturated carbocycles. The summed E-state index contributed by atoms with van der Waals surface area (Å²) in [5.41, 5.74) is 7.29. The Morgan fingerprint density at radius 3 is 1.59 bits per heavy atom. The summed E-state index contributed by atoms with van der Waals surface area (Å²) >= 11 is 0. The molecule has 12 rings (SSSR count). The maximum absolute atomic E-state index is 14.7. The lowest BCUT2D eigenvalue weighted by Gasteiger charge is -2.32. The zero-order valence-corrected chi connectivity index (χ0v) is 44.8. The predicted octanol–water partition coefficient (Wildman–Crippen LogP) is 6.61. The van der Waals surface area contributed by atoms with E-state index < -0.39 is 43.7 Å². The molecule has 2 unspecified atom stereocenters. The Labute approximate surface area is 446 Å². The highest BCUT2D eigenvalue weighted by Crippen LogP contribution is 2.45. The smallest absolute Gasteiger partial charge is 0.271 e. The van der Waals surface area contributed by atoms with Gasteiger partial charge in [-0.2, -0.15) is 53.5 Å². The fraction of sp³-hybridized carbons (Fsp3) is 0.321. The summed E-state index contributed by atoms with van der Waals surface area (Å²) in [6, 6.07) is 27.7. The Bertz CT molecular complexity index is 4170. The van der Waals surface area contributed by atoms with Crippen molar-refractivity contribution in [3.05, 3.63) is 167 Å². The van der Waals surface area contributed by atoms with Gasteiger partial charge in [0.1, 0.15) is 23.6 Å². The lowest BCUT2D eigenvalue weighted by Crippen LogP contribution is -2.36. The average Bonchev–Trinajstić information content (AvgIpc) is 4.47. The standard InChI is InChI=1S/C53H53F3N16O4S2/c1-35-20-45-40(26-60-71(45)47-28-57-65(4)37(47)3)22-42(35)52(25-39-14-10-7-11-15-39)17-19-68(34-52)78(75,76)50-30-59-70(64-50)31-44-48(32-69(62-44)53(54,55)56)72-46-21-36(2)43(23-41(46)27-61-72)51(24-38-12-8-6-9-13-38)16-18-67(33-51)77(73,74)49-29-58-66(5)63-49/h6-15,20-23,26-30,32H,16-19,24-25,31,33-34H2,1-5H3. The summed E-state index contributed by atoms with van der Waals surface area (Å²) in [5.74, 6) is 0. The van der Waals surface area contributed by atoms with Gasteiger partial charge in [0, 0.05) is 61.9 Å². The van der Waals surface area contributed by atoms with Crippen molar-refractivity contribution in [2.75, 3.05) is 26.2 Å². The van der Waals surface area contributed by atoms with E-state index in [-0.39, 0.29) is 52.3 Å². The van der Waals surface area contributed by atoms with Crippen molar-refractivity contribution < 1.29 is 30.0 Å². The van der Waals surface area contributed by atoms with Crippen molar-refractivity contribution in [2.24, 2.45) is 14.1 Å². The van der Waals surface area contributed by atoms with Crippen LogP contribution in [0.1, 0.15) is 57.6 Å². The quantitative estimate of drug-likeness (QED) is 0.113. The molecule has 20 nitrogen and oxygen atoms in total. The van der Waals surface area contributed by atoms with Gasteiger partial charge >= 0.3 is 6.30 Å². The second-order valence-corrected chi connectivity index (χ2v) is 24.4. The summed E-state index contributed by atoms with van der Waals surface area (Å²) in [5, 5.41) is 35.4. The zero-order valence-electron chi connectivity index (χ0n) is 43.1. The number of halogens is 3. The molecule has 8 heterocycles. The third-order valence-electron chi connectivity index (χ3n) is 15.7. The molecule has 6 aromatic heterocycles. The normalized spacial score (nSPS) is 18.8. The van der Waals surface area contributed by atoms with Crippen molar-refractivity contribution in [3.63, 3.8) is 0 Å². The first-order valence-corrected chi connectivity index (χ1v) is 28.1. The van der Waals surface area contributed by atoms with Crippen LogP contribution in [0.4, 0.5) is 13.2 Å². The number of benzene rings is 4. The van der Waals surface area contributed by atoms with Gasteiger partial charge in [0.25, 0.3) is 20.0 Å². The van der Waals surface area contributed by atoms with E-state index in [2.05, 4.69) is 47.8 Å². The maximum Gasteiger partial charge on any atom is 0.504 e. The Kier molecular flexibility index (Phi) is 12.2. The van der Waals surface area contributed by atoms with Crippen LogP contribution in [-0.2, 0) is 70.7 Å². The van der Waals surface area contributed by atoms with Crippen LogP contribution in [-0.4, -0.2) is 121 Å². The molecule has 25 heteroatoms. The summed E-state index contributed by atoms with van der Waals surface area (Å²) in [4.78, 5) is 2.22. The number of rotatable bonds is 14. The second-order valence-electron chi connectivity index (χ2n) is 20.6. The number of hydrogen-bond donors (Lipinski definition) is 0. The Hall–Kier alpha value is -7.87. The molecule has 2 atom stereocenters. The van der Waals surface area contributed by atoms with E-state index in [4.69, 9.17) is 5.10 Å². The Morgan fingerprint density at radius 2 is 1.10 bits per heavy atom. The highest BCUT2D eigenvalue weighted by Gasteiger charge is 2.48. The molecule has 0 amide bonds. The van der Waals surface area contributed by atoms with Crippen molar-refractivity contribution in [1.82, 2.24) is 77.7 Å². The lowest BCUT2D eigenvalue weighted by molar-refractivity contribution is -0.212. The van der Waals surface area contributed by atoms with E-state index in [1.807, 2.05) is 111 Å². The van der Waals surface area contributed by atoms with Gasteiger partial charge in [0.2, 0.25) is 10.1 Å². The van der Waals surface area contributed by atoms with E-state index in [0.717, 1.165) is 72.9 Å². The number of alkyl halides is 3. The largest absolute Gasteiger partial charge is 0.504 e. The van der Waals surface area contributed by atoms with Gasteiger partial charge in [0.15, 0.2) is 0 Å². The van der Waals surface area contributed by atoms with Crippen LogP contribution in [0, 0.1) is 20.8 Å². The van der Waals surface area contributed by atoms with Gasteiger partial charge in [-0.3, -0.25) is 4.68 Å². The van der Waals surface area contributed by atoms with Gasteiger partial charge in [-0.15, -0.1) is 23.4 Å². The first-order chi connectivity index (χ1) is 37.2. The minimum atomic E-state index is -4.92. The third kappa shape index (κ3) is 8.77. The predicted molar refractivity (Wildman–Crippen MR) is 281 cm³/mol. The van der Waals surface area contributed by atoms with E-state index in [0.29, 0.717) is 36.6 Å². The fourth-order valence-electron chi connectivity index (χ4n) is 11.7. The Balaban J connectivity index is 0.848. The number of hydrogen-bond acceptors (Lipinski definition) is 12. The van der Waals surface area contributed by atoms with Crippen LogP contribution < -0.4 is 0 Å². The molecule has 0 bridgehead atoms. The average molecular weight is 1100 g/mol. The van der Waals surface area contributed by atoms with Crippen molar-refractivity contribution >= 4 is 41.9 Å². The zero-order chi connectivity index (χ0) is 54.5. The van der Waals surface area contributed by atoms with Crippen molar-refractivity contribution in [1.29, 1.82) is 0 Å². The molecular formula is C53H53F3N16O4S2. The summed E-state index contributed by atoms with van der Waals surface area (Å²) in [7, 11) is -4.86. The molecule has 0 radical (unpaired) electrons. The molecule has 0 spiro atoms. The van der Waals surface area contributed by atoms with Crippen LogP contribution >= 0.6 is 0 Å². The van der Waals surface area contributed by atoms with Gasteiger partial charge in [-0.05, 0) is 104 Å². The maximum atomic E-state index is 14.7. The molecule has 2 aliphatic rings. The van der Waals surface area contributed by atoms with Crippen LogP contribution in [0.2, 0.25) is 0 Å². The van der Waals surface area contributed by atoms with Gasteiger partial charge in [-0.1, -0.05) is 60.7 Å². The molecule has 10 aromatic rings. The number of sulfonamides is 2. The van der Waals surface area contributed by atoms with Crippen molar-refractivity contribution in [2.45, 2.75) is 80.2 Å². The monoisotopic (exact) mass is 1100 g/mol. The van der Waals surface area contributed by atoms with Crippen LogP contribution in [0.3, 0.4) is 0 Å². The van der Waals surface area contributed by atoms with Gasteiger partial charge < -0.3 is 0 Å². The van der Waals surface area contributed by atoms with Crippen LogP contribution in [0.15, 0.2) is 132 Å². The highest BCUT2D eigenvalue weighted by molar-refractivity contribution is 7.89. The molecule has 78 heavy (non-hydrogen) atoms. The molecule has 2 fully saturated rings. The van der Waals surface area contributed by atoms with Gasteiger partial charge in [0.05, 0.1) is 53.9 Å². The lowest BCUT2D eigenvalue weighted by atomic mass is 9.73. The molecule has 2 saturated heterocycles. The van der Waals surface area contributed by atoms with E-state index in [1.165, 1.54) is 24.3 Å². The topological polar surface area (TPSA) is 207 Å². The van der Waals surface area contributed by atoms with Crippen LogP contribution in [0.25, 0.3) is 33.2 Å². The molecule has 0 N–H and O–H groups in total. The third-order valence-corrected chi connectivity index (χ3v) is 19.1. The molecule has 402 valence electrons. The molecular weight excluding hydrogens is 1050 g/mol. The molecule has 2 aliphatic heterocycles. The van der Waals surface area contributed by atoms with Crippen LogP contribution in [0.5, 0.6) is 0 Å². The first-order valence-electron chi connectivity index (χ1n) is 25.2. The molecule has 4 aromatic carbocycles.